The van der Waals surface area contributed by atoms with Crippen molar-refractivity contribution < 1.29 is 24.5 Å². The van der Waals surface area contributed by atoms with Gasteiger partial charge < -0.3 is 25.0 Å². The van der Waals surface area contributed by atoms with Gasteiger partial charge in [-0.25, -0.2) is 0 Å². The number of aliphatic hydroxyl groups is 1. The Bertz CT molecular complexity index is 2220. The van der Waals surface area contributed by atoms with E-state index in [4.69, 9.17) is 26.1 Å². The fourth-order valence-corrected chi connectivity index (χ4v) is 6.25. The Morgan fingerprint density at radius 1 is 0.962 bits per heavy atom. The average Bonchev–Trinajstić information content (AvgIpc) is 3.72. The molecule has 11 nitrogen and oxygen atoms in total. The van der Waals surface area contributed by atoms with E-state index in [1.54, 1.807) is 24.4 Å². The minimum absolute atomic E-state index is 0.0287. The zero-order chi connectivity index (χ0) is 37.5. The fourth-order valence-electron chi connectivity index (χ4n) is 6.01. The molecule has 12 heteroatoms. The number of benzene rings is 3. The van der Waals surface area contributed by atoms with E-state index in [9.17, 15) is 20.3 Å². The Morgan fingerprint density at radius 3 is 2.42 bits per heavy atom. The molecule has 0 bridgehead atoms. The summed E-state index contributed by atoms with van der Waals surface area (Å²) < 4.78 is 12.5. The molecule has 0 radical (unpaired) electrons. The Morgan fingerprint density at radius 2 is 1.72 bits per heavy atom. The molecule has 2 aromatic heterocycles. The molecule has 5 aromatic rings. The molecule has 0 spiro atoms. The number of ether oxygens (including phenoxy) is 2. The van der Waals surface area contributed by atoms with Crippen molar-refractivity contribution in [2.45, 2.75) is 46.1 Å². The number of hydrogen-bond donors (Lipinski definition) is 4. The van der Waals surface area contributed by atoms with Gasteiger partial charge in [0.05, 0.1) is 29.4 Å². The number of aromatic nitrogens is 2. The molecule has 3 heterocycles. The van der Waals surface area contributed by atoms with Crippen LogP contribution >= 0.6 is 11.6 Å². The minimum atomic E-state index is -1.59. The Kier molecular flexibility index (Phi) is 11.3. The highest BCUT2D eigenvalue weighted by Crippen LogP contribution is 2.37. The number of rotatable bonds is 14. The zero-order valence-electron chi connectivity index (χ0n) is 29.6. The number of aliphatic hydroxyl groups excluding tert-OH is 1. The summed E-state index contributed by atoms with van der Waals surface area (Å²) in [6, 6.07) is 23.5. The Labute approximate surface area is 313 Å². The normalized spacial score (nSPS) is 13.4. The molecule has 3 aromatic carbocycles. The summed E-state index contributed by atoms with van der Waals surface area (Å²) in [5, 5.41) is 35.2. The number of nitriles is 1. The highest BCUT2D eigenvalue weighted by atomic mass is 35.5. The van der Waals surface area contributed by atoms with Gasteiger partial charge in [-0.15, -0.1) is 0 Å². The van der Waals surface area contributed by atoms with Gasteiger partial charge in [-0.05, 0) is 72.9 Å². The molecule has 1 atom stereocenters. The van der Waals surface area contributed by atoms with Crippen LogP contribution < -0.4 is 20.1 Å². The predicted molar refractivity (Wildman–Crippen MR) is 203 cm³/mol. The number of carbonyl (C=O) groups is 1. The lowest BCUT2D eigenvalue weighted by Gasteiger charge is -2.25. The van der Waals surface area contributed by atoms with E-state index >= 15 is 0 Å². The quantitative estimate of drug-likeness (QED) is 0.101. The molecule has 0 saturated heterocycles. The van der Waals surface area contributed by atoms with Crippen LogP contribution in [-0.2, 0) is 24.6 Å². The lowest BCUT2D eigenvalue weighted by Crippen LogP contribution is -2.52. The summed E-state index contributed by atoms with van der Waals surface area (Å²) in [5.74, 6) is 0.431. The first-order chi connectivity index (χ1) is 25.6. The maximum absolute atomic E-state index is 11.8. The predicted octanol–water partition coefficient (Wildman–Crippen LogP) is 6.39. The van der Waals surface area contributed by atoms with Crippen LogP contribution in [0.4, 0.5) is 0 Å². The van der Waals surface area contributed by atoms with E-state index in [0.29, 0.717) is 33.2 Å². The topological polar surface area (TPSA) is 162 Å². The second-order valence-corrected chi connectivity index (χ2v) is 13.4. The van der Waals surface area contributed by atoms with Crippen LogP contribution in [0.25, 0.3) is 22.4 Å². The van der Waals surface area contributed by atoms with Crippen LogP contribution in [0.2, 0.25) is 5.02 Å². The van der Waals surface area contributed by atoms with E-state index in [-0.39, 0.29) is 19.8 Å². The summed E-state index contributed by atoms with van der Waals surface area (Å²) in [6.45, 7) is 6.88. The summed E-state index contributed by atoms with van der Waals surface area (Å²) in [6.07, 6.45) is 4.92. The molecule has 0 fully saturated rings. The second-order valence-electron chi connectivity index (χ2n) is 13.0. The molecule has 6 rings (SSSR count). The Hall–Kier alpha value is -5.80. The van der Waals surface area contributed by atoms with Crippen LogP contribution in [-0.4, -0.2) is 57.2 Å². The van der Waals surface area contributed by atoms with Crippen molar-refractivity contribution in [1.29, 1.82) is 5.26 Å². The van der Waals surface area contributed by atoms with Crippen molar-refractivity contribution in [1.82, 2.24) is 20.6 Å². The van der Waals surface area contributed by atoms with Gasteiger partial charge in [0.15, 0.2) is 0 Å². The van der Waals surface area contributed by atoms with Crippen molar-refractivity contribution >= 4 is 23.4 Å². The third-order valence-corrected chi connectivity index (χ3v) is 9.63. The van der Waals surface area contributed by atoms with Crippen LogP contribution in [0.1, 0.15) is 45.9 Å². The molecule has 0 saturated carbocycles. The number of hydrogen-bond acceptors (Lipinski definition) is 10. The van der Waals surface area contributed by atoms with Gasteiger partial charge in [0.1, 0.15) is 42.2 Å². The van der Waals surface area contributed by atoms with Crippen LogP contribution in [0, 0.1) is 25.2 Å². The van der Waals surface area contributed by atoms with Gasteiger partial charge >= 0.3 is 5.97 Å². The summed E-state index contributed by atoms with van der Waals surface area (Å²) in [4.78, 5) is 25.2. The van der Waals surface area contributed by atoms with E-state index in [1.165, 1.54) is 13.1 Å². The molecular formula is C41H39ClN6O5. The van der Waals surface area contributed by atoms with Gasteiger partial charge in [0.2, 0.25) is 0 Å². The van der Waals surface area contributed by atoms with E-state index in [2.05, 4.69) is 58.7 Å². The van der Waals surface area contributed by atoms with Crippen molar-refractivity contribution in [3.05, 3.63) is 129 Å². The van der Waals surface area contributed by atoms with Crippen molar-refractivity contribution in [3.63, 3.8) is 0 Å². The van der Waals surface area contributed by atoms with Crippen molar-refractivity contribution in [2.75, 3.05) is 19.7 Å². The molecule has 0 unspecified atom stereocenters. The smallest absolute Gasteiger partial charge is 0.326 e. The van der Waals surface area contributed by atoms with Crippen LogP contribution in [0.15, 0.2) is 90.3 Å². The standard InChI is InChI=1S/C41H39ClN6O5/c1-25-30(6-4-7-32(25)33-8-5-9-34(26(33)2)36-11-10-29(20-47-36)39-45-12-13-46-39)23-53-38-16-37(52-22-28-14-27(17-43)18-44-19-28)31(15-35(38)42)21-48-41(3,24-49)40(50)51/h4-11,14-16,18-20,48-49H,12-13,21-24H2,1-3H3,(H,45,46)(H,50,51)/t41-/m0/s1. The third kappa shape index (κ3) is 8.31. The van der Waals surface area contributed by atoms with Gasteiger partial charge in [0.25, 0.3) is 0 Å². The monoisotopic (exact) mass is 730 g/mol. The van der Waals surface area contributed by atoms with E-state index < -0.39 is 18.1 Å². The first kappa shape index (κ1) is 37.0. The van der Waals surface area contributed by atoms with Crippen molar-refractivity contribution in [2.24, 2.45) is 4.99 Å². The highest BCUT2D eigenvalue weighted by molar-refractivity contribution is 6.32. The number of halogens is 1. The lowest BCUT2D eigenvalue weighted by atomic mass is 9.90. The number of carboxylic acid groups (broad SMARTS) is 1. The number of pyridine rings is 2. The van der Waals surface area contributed by atoms with E-state index in [0.717, 1.165) is 63.6 Å². The molecule has 270 valence electrons. The number of amidine groups is 1. The maximum Gasteiger partial charge on any atom is 0.326 e. The largest absolute Gasteiger partial charge is 0.488 e. The average molecular weight is 731 g/mol. The SMILES string of the molecule is Cc1c(COc2cc(OCc3cncc(C#N)c3)c(CN[C@@](C)(CO)C(=O)O)cc2Cl)cccc1-c1cccc(-c2ccc(C3=NCCN3)cn2)c1C. The van der Waals surface area contributed by atoms with Gasteiger partial charge in [-0.1, -0.05) is 48.0 Å². The summed E-state index contributed by atoms with van der Waals surface area (Å²) in [7, 11) is 0. The fraction of sp³-hybridized carbons (Fsp3) is 0.244. The first-order valence-electron chi connectivity index (χ1n) is 17.0. The molecule has 1 aliphatic heterocycles. The minimum Gasteiger partial charge on any atom is -0.488 e. The molecular weight excluding hydrogens is 692 g/mol. The molecule has 4 N–H and O–H groups in total. The molecule has 0 amide bonds. The number of aliphatic carboxylic acids is 1. The molecule has 1 aliphatic rings. The number of carboxylic acids is 1. The summed E-state index contributed by atoms with van der Waals surface area (Å²) in [5.41, 5.74) is 8.20. The zero-order valence-corrected chi connectivity index (χ0v) is 30.4. The number of nitrogens with zero attached hydrogens (tertiary/aromatic N) is 4. The second kappa shape index (κ2) is 16.3. The van der Waals surface area contributed by atoms with Gasteiger partial charge in [-0.3, -0.25) is 25.1 Å². The van der Waals surface area contributed by atoms with Gasteiger partial charge in [0, 0.05) is 60.0 Å². The first-order valence-corrected chi connectivity index (χ1v) is 17.4. The molecule has 53 heavy (non-hydrogen) atoms. The summed E-state index contributed by atoms with van der Waals surface area (Å²) >= 11 is 6.74. The lowest BCUT2D eigenvalue weighted by molar-refractivity contribution is -0.145. The van der Waals surface area contributed by atoms with Gasteiger partial charge in [-0.2, -0.15) is 5.26 Å². The highest BCUT2D eigenvalue weighted by Gasteiger charge is 2.32. The third-order valence-electron chi connectivity index (χ3n) is 9.33. The molecule has 0 aliphatic carbocycles. The van der Waals surface area contributed by atoms with Crippen LogP contribution in [0.3, 0.4) is 0 Å². The van der Waals surface area contributed by atoms with Crippen molar-refractivity contribution in [3.8, 4) is 40.0 Å². The number of nitrogens with one attached hydrogen (secondary N) is 2. The number of aliphatic imine (C=N–C) groups is 1. The maximum atomic E-state index is 11.8. The van der Waals surface area contributed by atoms with Crippen LogP contribution in [0.5, 0.6) is 11.5 Å². The Balaban J connectivity index is 1.24. The van der Waals surface area contributed by atoms with E-state index in [1.807, 2.05) is 36.5 Å².